The lowest BCUT2D eigenvalue weighted by molar-refractivity contribution is 0.589. The van der Waals surface area contributed by atoms with Crippen LogP contribution in [0.15, 0.2) is 18.2 Å². The fourth-order valence-electron chi connectivity index (χ4n) is 1.78. The van der Waals surface area contributed by atoms with Crippen molar-refractivity contribution in [2.45, 2.75) is 26.3 Å². The summed E-state index contributed by atoms with van der Waals surface area (Å²) in [6.07, 6.45) is 1.70. The molecule has 1 aromatic carbocycles. The number of benzene rings is 1. The monoisotopic (exact) mass is 268 g/mol. The molecule has 0 aliphatic heterocycles. The maximum Gasteiger partial charge on any atom is 0.136 e. The summed E-state index contributed by atoms with van der Waals surface area (Å²) < 4.78 is 27.3. The van der Waals surface area contributed by atoms with E-state index in [1.54, 1.807) is 0 Å². The summed E-state index contributed by atoms with van der Waals surface area (Å²) in [7, 11) is 0. The minimum Gasteiger partial charge on any atom is -0.326 e. The van der Waals surface area contributed by atoms with E-state index >= 15 is 0 Å². The highest BCUT2D eigenvalue weighted by Crippen LogP contribution is 2.32. The second-order valence-electron chi connectivity index (χ2n) is 3.94. The van der Waals surface area contributed by atoms with E-state index in [1.165, 1.54) is 29.5 Å². The summed E-state index contributed by atoms with van der Waals surface area (Å²) >= 11 is 1.26. The summed E-state index contributed by atoms with van der Waals surface area (Å²) in [6.45, 7) is 2.38. The summed E-state index contributed by atoms with van der Waals surface area (Å²) in [5, 5.41) is 0.370. The lowest BCUT2D eigenvalue weighted by Crippen LogP contribution is -1.98. The van der Waals surface area contributed by atoms with E-state index in [4.69, 9.17) is 5.73 Å². The zero-order valence-electron chi connectivity index (χ0n) is 10.0. The molecule has 5 heteroatoms. The largest absolute Gasteiger partial charge is 0.326 e. The summed E-state index contributed by atoms with van der Waals surface area (Å²) in [5.41, 5.74) is 6.43. The minimum absolute atomic E-state index is 0.0560. The number of nitrogens with zero attached hydrogens (tertiary/aromatic N) is 1. The van der Waals surface area contributed by atoms with Crippen molar-refractivity contribution in [1.82, 2.24) is 4.98 Å². The van der Waals surface area contributed by atoms with E-state index < -0.39 is 11.6 Å². The first-order valence-corrected chi connectivity index (χ1v) is 6.62. The third-order valence-electron chi connectivity index (χ3n) is 2.63. The number of aryl methyl sites for hydroxylation is 1. The molecular formula is C13H14F2N2S. The molecule has 1 aromatic heterocycles. The predicted molar refractivity (Wildman–Crippen MR) is 69.4 cm³/mol. The van der Waals surface area contributed by atoms with Crippen molar-refractivity contribution in [3.05, 3.63) is 40.4 Å². The highest BCUT2D eigenvalue weighted by molar-refractivity contribution is 7.15. The molecule has 0 fully saturated rings. The first-order chi connectivity index (χ1) is 8.67. The van der Waals surface area contributed by atoms with E-state index in [-0.39, 0.29) is 5.56 Å². The van der Waals surface area contributed by atoms with Crippen molar-refractivity contribution < 1.29 is 8.78 Å². The molecule has 0 bridgehead atoms. The number of hydrogen-bond donors (Lipinski definition) is 1. The zero-order chi connectivity index (χ0) is 13.1. The summed E-state index contributed by atoms with van der Waals surface area (Å²) in [4.78, 5) is 5.22. The molecule has 2 rings (SSSR count). The van der Waals surface area contributed by atoms with Gasteiger partial charge in [-0.1, -0.05) is 19.4 Å². The Balaban J connectivity index is 2.51. The van der Waals surface area contributed by atoms with Crippen LogP contribution < -0.4 is 5.73 Å². The van der Waals surface area contributed by atoms with Crippen LogP contribution in [0.25, 0.3) is 10.6 Å². The van der Waals surface area contributed by atoms with Crippen LogP contribution in [0.4, 0.5) is 8.78 Å². The fraction of sp³-hybridized carbons (Fsp3) is 0.308. The van der Waals surface area contributed by atoms with E-state index in [2.05, 4.69) is 4.98 Å². The van der Waals surface area contributed by atoms with Crippen molar-refractivity contribution in [3.8, 4) is 10.6 Å². The molecule has 0 aliphatic rings. The van der Waals surface area contributed by atoms with E-state index in [1.807, 2.05) is 6.92 Å². The summed E-state index contributed by atoms with van der Waals surface area (Å²) in [6, 6.07) is 3.82. The van der Waals surface area contributed by atoms with Gasteiger partial charge in [-0.05, 0) is 18.6 Å². The molecule has 0 aliphatic carbocycles. The maximum absolute atomic E-state index is 13.7. The van der Waals surface area contributed by atoms with Crippen molar-refractivity contribution in [2.24, 2.45) is 5.73 Å². The van der Waals surface area contributed by atoms with Gasteiger partial charge in [0.05, 0.1) is 11.3 Å². The number of rotatable bonds is 4. The highest BCUT2D eigenvalue weighted by Gasteiger charge is 2.17. The number of halogens is 2. The Hall–Kier alpha value is -1.33. The van der Waals surface area contributed by atoms with Crippen LogP contribution in [-0.4, -0.2) is 4.98 Å². The molecule has 0 unspecified atom stereocenters. The second kappa shape index (κ2) is 5.54. The third-order valence-corrected chi connectivity index (χ3v) is 3.76. The Kier molecular flexibility index (Phi) is 4.04. The quantitative estimate of drug-likeness (QED) is 0.921. The van der Waals surface area contributed by atoms with Gasteiger partial charge in [0.1, 0.15) is 16.6 Å². The standard InChI is InChI=1S/C13H14F2N2S/c1-2-4-10-11(7-16)18-13(17-10)12-8(14)5-3-6-9(12)15/h3,5-6H,2,4,7,16H2,1H3. The number of aromatic nitrogens is 1. The number of thiazole rings is 1. The van der Waals surface area contributed by atoms with Crippen LogP contribution in [-0.2, 0) is 13.0 Å². The van der Waals surface area contributed by atoms with Crippen LogP contribution in [0, 0.1) is 11.6 Å². The lowest BCUT2D eigenvalue weighted by Gasteiger charge is -1.99. The molecule has 2 nitrogen and oxygen atoms in total. The van der Waals surface area contributed by atoms with Gasteiger partial charge in [0.25, 0.3) is 0 Å². The first-order valence-electron chi connectivity index (χ1n) is 5.80. The molecule has 1 heterocycles. The van der Waals surface area contributed by atoms with Gasteiger partial charge in [0.15, 0.2) is 0 Å². The van der Waals surface area contributed by atoms with Crippen LogP contribution in [0.5, 0.6) is 0 Å². The van der Waals surface area contributed by atoms with Crippen LogP contribution in [0.3, 0.4) is 0 Å². The Labute approximate surface area is 108 Å². The molecule has 2 aromatic rings. The second-order valence-corrected chi connectivity index (χ2v) is 5.02. The van der Waals surface area contributed by atoms with Crippen molar-refractivity contribution in [1.29, 1.82) is 0 Å². The van der Waals surface area contributed by atoms with Crippen molar-refractivity contribution >= 4 is 11.3 Å². The topological polar surface area (TPSA) is 38.9 Å². The van der Waals surface area contributed by atoms with Crippen molar-refractivity contribution in [2.75, 3.05) is 0 Å². The number of hydrogen-bond acceptors (Lipinski definition) is 3. The fourth-order valence-corrected chi connectivity index (χ4v) is 2.82. The lowest BCUT2D eigenvalue weighted by atomic mass is 10.2. The maximum atomic E-state index is 13.7. The molecular weight excluding hydrogens is 254 g/mol. The minimum atomic E-state index is -0.588. The van der Waals surface area contributed by atoms with Gasteiger partial charge in [-0.25, -0.2) is 13.8 Å². The van der Waals surface area contributed by atoms with Gasteiger partial charge < -0.3 is 5.73 Å². The van der Waals surface area contributed by atoms with Crippen molar-refractivity contribution in [3.63, 3.8) is 0 Å². The third kappa shape index (κ3) is 2.42. The van der Waals surface area contributed by atoms with Crippen LogP contribution >= 0.6 is 11.3 Å². The average Bonchev–Trinajstić information content (AvgIpc) is 2.72. The molecule has 2 N–H and O–H groups in total. The molecule has 0 spiro atoms. The van der Waals surface area contributed by atoms with Gasteiger partial charge in [-0.3, -0.25) is 0 Å². The van der Waals surface area contributed by atoms with Gasteiger partial charge in [-0.2, -0.15) is 0 Å². The van der Waals surface area contributed by atoms with E-state index in [9.17, 15) is 8.78 Å². The van der Waals surface area contributed by atoms with E-state index in [0.717, 1.165) is 23.4 Å². The zero-order valence-corrected chi connectivity index (χ0v) is 10.9. The Morgan fingerprint density at radius 2 is 1.94 bits per heavy atom. The van der Waals surface area contributed by atoms with Gasteiger partial charge >= 0.3 is 0 Å². The molecule has 0 amide bonds. The normalized spacial score (nSPS) is 10.9. The van der Waals surface area contributed by atoms with Gasteiger partial charge in [0.2, 0.25) is 0 Å². The Morgan fingerprint density at radius 3 is 2.50 bits per heavy atom. The molecule has 0 saturated carbocycles. The van der Waals surface area contributed by atoms with Gasteiger partial charge in [0, 0.05) is 11.4 Å². The average molecular weight is 268 g/mol. The predicted octanol–water partition coefficient (Wildman–Crippen LogP) is 3.50. The first kappa shape index (κ1) is 13.1. The van der Waals surface area contributed by atoms with Crippen LogP contribution in [0.2, 0.25) is 0 Å². The Bertz CT molecular complexity index is 532. The SMILES string of the molecule is CCCc1nc(-c2c(F)cccc2F)sc1CN. The smallest absolute Gasteiger partial charge is 0.136 e. The Morgan fingerprint density at radius 1 is 1.28 bits per heavy atom. The molecule has 0 saturated heterocycles. The highest BCUT2D eigenvalue weighted by atomic mass is 32.1. The molecule has 18 heavy (non-hydrogen) atoms. The molecule has 96 valence electrons. The van der Waals surface area contributed by atoms with Gasteiger partial charge in [-0.15, -0.1) is 11.3 Å². The van der Waals surface area contributed by atoms with E-state index in [0.29, 0.717) is 11.6 Å². The molecule has 0 radical (unpaired) electrons. The number of nitrogens with two attached hydrogens (primary N) is 1. The summed E-state index contributed by atoms with van der Waals surface area (Å²) in [5.74, 6) is -1.18. The van der Waals surface area contributed by atoms with Crippen LogP contribution in [0.1, 0.15) is 23.9 Å². The molecule has 0 atom stereocenters.